The standard InChI is InChI=1S/C13H9F2N/c14-13(15)10-6-3-5-9-8-4-1-2-7-11(8)16-12(9)10/h1-7,13,16H. The zero-order valence-electron chi connectivity index (χ0n) is 8.37. The van der Waals surface area contributed by atoms with Crippen molar-refractivity contribution < 1.29 is 8.78 Å². The third-order valence-corrected chi connectivity index (χ3v) is 2.81. The van der Waals surface area contributed by atoms with Crippen molar-refractivity contribution in [3.63, 3.8) is 0 Å². The molecule has 0 aliphatic carbocycles. The van der Waals surface area contributed by atoms with E-state index in [4.69, 9.17) is 0 Å². The van der Waals surface area contributed by atoms with Crippen LogP contribution in [0.1, 0.15) is 12.0 Å². The van der Waals surface area contributed by atoms with Crippen LogP contribution < -0.4 is 0 Å². The molecule has 1 aromatic heterocycles. The topological polar surface area (TPSA) is 15.8 Å². The van der Waals surface area contributed by atoms with Crippen molar-refractivity contribution >= 4 is 21.8 Å². The predicted molar refractivity (Wildman–Crippen MR) is 60.8 cm³/mol. The number of H-pyrrole nitrogens is 1. The summed E-state index contributed by atoms with van der Waals surface area (Å²) >= 11 is 0. The molecule has 0 atom stereocenters. The van der Waals surface area contributed by atoms with E-state index in [0.717, 1.165) is 16.3 Å². The second kappa shape index (κ2) is 3.30. The summed E-state index contributed by atoms with van der Waals surface area (Å²) in [6.45, 7) is 0. The zero-order chi connectivity index (χ0) is 11.1. The first-order valence-electron chi connectivity index (χ1n) is 5.05. The molecule has 1 nitrogen and oxygen atoms in total. The Hall–Kier alpha value is -1.90. The fourth-order valence-electron chi connectivity index (χ4n) is 2.08. The van der Waals surface area contributed by atoms with Gasteiger partial charge in [0, 0.05) is 21.9 Å². The van der Waals surface area contributed by atoms with Gasteiger partial charge in [0.25, 0.3) is 6.43 Å². The van der Waals surface area contributed by atoms with Gasteiger partial charge in [0.1, 0.15) is 0 Å². The molecule has 0 spiro atoms. The van der Waals surface area contributed by atoms with Crippen LogP contribution in [-0.2, 0) is 0 Å². The number of hydrogen-bond donors (Lipinski definition) is 1. The molecule has 0 amide bonds. The highest BCUT2D eigenvalue weighted by Crippen LogP contribution is 2.31. The van der Waals surface area contributed by atoms with Crippen molar-refractivity contribution in [2.45, 2.75) is 6.43 Å². The van der Waals surface area contributed by atoms with Gasteiger partial charge in [0.15, 0.2) is 0 Å². The molecule has 0 unspecified atom stereocenters. The molecule has 0 bridgehead atoms. The SMILES string of the molecule is FC(F)c1cccc2c1[nH]c1ccccc12. The van der Waals surface area contributed by atoms with Crippen LogP contribution in [0.5, 0.6) is 0 Å². The van der Waals surface area contributed by atoms with Crippen LogP contribution in [0.3, 0.4) is 0 Å². The lowest BCUT2D eigenvalue weighted by Crippen LogP contribution is -1.85. The maximum absolute atomic E-state index is 12.8. The Bertz CT molecular complexity index is 655. The Kier molecular flexibility index (Phi) is 1.93. The largest absolute Gasteiger partial charge is 0.354 e. The number of aromatic amines is 1. The molecule has 80 valence electrons. The lowest BCUT2D eigenvalue weighted by Gasteiger charge is -2.00. The summed E-state index contributed by atoms with van der Waals surface area (Å²) in [6.07, 6.45) is -2.45. The minimum atomic E-state index is -2.45. The number of alkyl halides is 2. The van der Waals surface area contributed by atoms with E-state index in [1.807, 2.05) is 30.3 Å². The van der Waals surface area contributed by atoms with Crippen LogP contribution >= 0.6 is 0 Å². The molecule has 3 aromatic rings. The first kappa shape index (κ1) is 9.33. The number of nitrogens with one attached hydrogen (secondary N) is 1. The Morgan fingerprint density at radius 3 is 2.44 bits per heavy atom. The van der Waals surface area contributed by atoms with Gasteiger partial charge in [-0.05, 0) is 6.07 Å². The molecular formula is C13H9F2N. The van der Waals surface area contributed by atoms with Crippen LogP contribution in [0.25, 0.3) is 21.8 Å². The summed E-state index contributed by atoms with van der Waals surface area (Å²) in [7, 11) is 0. The minimum absolute atomic E-state index is 0.0636. The Morgan fingerprint density at radius 1 is 0.875 bits per heavy atom. The molecule has 1 heterocycles. The maximum Gasteiger partial charge on any atom is 0.265 e. The number of fused-ring (bicyclic) bond motifs is 3. The second-order valence-electron chi connectivity index (χ2n) is 3.74. The van der Waals surface area contributed by atoms with Gasteiger partial charge in [0.05, 0.1) is 5.52 Å². The van der Waals surface area contributed by atoms with Crippen LogP contribution in [0.15, 0.2) is 42.5 Å². The van der Waals surface area contributed by atoms with E-state index in [2.05, 4.69) is 4.98 Å². The fraction of sp³-hybridized carbons (Fsp3) is 0.0769. The van der Waals surface area contributed by atoms with E-state index in [0.29, 0.717) is 5.52 Å². The zero-order valence-corrected chi connectivity index (χ0v) is 8.37. The molecular weight excluding hydrogens is 208 g/mol. The Labute approximate surface area is 90.7 Å². The molecule has 16 heavy (non-hydrogen) atoms. The summed E-state index contributed by atoms with van der Waals surface area (Å²) in [5, 5.41) is 1.84. The van der Waals surface area contributed by atoms with Crippen LogP contribution in [0.4, 0.5) is 8.78 Å². The average Bonchev–Trinajstić information content (AvgIpc) is 2.67. The number of halogens is 2. The monoisotopic (exact) mass is 217 g/mol. The fourth-order valence-corrected chi connectivity index (χ4v) is 2.08. The van der Waals surface area contributed by atoms with Crippen molar-refractivity contribution in [1.82, 2.24) is 4.98 Å². The quantitative estimate of drug-likeness (QED) is 0.626. The summed E-state index contributed by atoms with van der Waals surface area (Å²) in [4.78, 5) is 3.05. The van der Waals surface area contributed by atoms with Crippen molar-refractivity contribution in [1.29, 1.82) is 0 Å². The molecule has 1 N–H and O–H groups in total. The van der Waals surface area contributed by atoms with Gasteiger partial charge < -0.3 is 4.98 Å². The summed E-state index contributed by atoms with van der Waals surface area (Å²) < 4.78 is 25.6. The lowest BCUT2D eigenvalue weighted by atomic mass is 10.1. The molecule has 0 aliphatic rings. The average molecular weight is 217 g/mol. The molecule has 2 aromatic carbocycles. The molecule has 0 aliphatic heterocycles. The van der Waals surface area contributed by atoms with Gasteiger partial charge >= 0.3 is 0 Å². The van der Waals surface area contributed by atoms with Gasteiger partial charge in [-0.3, -0.25) is 0 Å². The van der Waals surface area contributed by atoms with Crippen LogP contribution in [0, 0.1) is 0 Å². The number of hydrogen-bond acceptors (Lipinski definition) is 0. The third-order valence-electron chi connectivity index (χ3n) is 2.81. The molecule has 3 heteroatoms. The van der Waals surface area contributed by atoms with E-state index in [1.54, 1.807) is 6.07 Å². The smallest absolute Gasteiger partial charge is 0.265 e. The number of rotatable bonds is 1. The molecule has 0 fully saturated rings. The first-order chi connectivity index (χ1) is 7.77. The normalized spacial score (nSPS) is 11.7. The summed E-state index contributed by atoms with van der Waals surface area (Å²) in [6, 6.07) is 12.6. The van der Waals surface area contributed by atoms with Gasteiger partial charge in [0.2, 0.25) is 0 Å². The van der Waals surface area contributed by atoms with Crippen LogP contribution in [0.2, 0.25) is 0 Å². The number of aromatic nitrogens is 1. The molecule has 3 rings (SSSR count). The molecule has 0 saturated carbocycles. The lowest BCUT2D eigenvalue weighted by molar-refractivity contribution is 0.153. The van der Waals surface area contributed by atoms with Gasteiger partial charge in [-0.25, -0.2) is 8.78 Å². The van der Waals surface area contributed by atoms with Crippen molar-refractivity contribution in [2.75, 3.05) is 0 Å². The van der Waals surface area contributed by atoms with Gasteiger partial charge in [-0.15, -0.1) is 0 Å². The molecule has 0 saturated heterocycles. The van der Waals surface area contributed by atoms with E-state index in [-0.39, 0.29) is 5.56 Å². The predicted octanol–water partition coefficient (Wildman–Crippen LogP) is 4.26. The Balaban J connectivity index is 2.49. The van der Waals surface area contributed by atoms with E-state index in [9.17, 15) is 8.78 Å². The summed E-state index contributed by atoms with van der Waals surface area (Å²) in [5.41, 5.74) is 1.50. The van der Waals surface area contributed by atoms with E-state index >= 15 is 0 Å². The van der Waals surface area contributed by atoms with Crippen molar-refractivity contribution in [3.8, 4) is 0 Å². The number of para-hydroxylation sites is 2. The second-order valence-corrected chi connectivity index (χ2v) is 3.74. The van der Waals surface area contributed by atoms with Crippen molar-refractivity contribution in [3.05, 3.63) is 48.0 Å². The van der Waals surface area contributed by atoms with Gasteiger partial charge in [-0.1, -0.05) is 36.4 Å². The van der Waals surface area contributed by atoms with Gasteiger partial charge in [-0.2, -0.15) is 0 Å². The van der Waals surface area contributed by atoms with Crippen LogP contribution in [-0.4, -0.2) is 4.98 Å². The Morgan fingerprint density at radius 2 is 1.62 bits per heavy atom. The molecule has 0 radical (unpaired) electrons. The third kappa shape index (κ3) is 1.21. The first-order valence-corrected chi connectivity index (χ1v) is 5.05. The van der Waals surface area contributed by atoms with E-state index in [1.165, 1.54) is 6.07 Å². The maximum atomic E-state index is 12.8. The number of benzene rings is 2. The highest BCUT2D eigenvalue weighted by atomic mass is 19.3. The highest BCUT2D eigenvalue weighted by Gasteiger charge is 2.13. The van der Waals surface area contributed by atoms with E-state index < -0.39 is 6.43 Å². The highest BCUT2D eigenvalue weighted by molar-refractivity contribution is 6.08. The minimum Gasteiger partial charge on any atom is -0.354 e. The summed E-state index contributed by atoms with van der Waals surface area (Å²) in [5.74, 6) is 0. The van der Waals surface area contributed by atoms with Crippen molar-refractivity contribution in [2.24, 2.45) is 0 Å².